The van der Waals surface area contributed by atoms with Crippen LogP contribution in [0, 0.1) is 52.3 Å². The molecule has 0 aromatic carbocycles. The van der Waals surface area contributed by atoms with Gasteiger partial charge < -0.3 is 114 Å². The molecule has 0 aromatic rings. The second kappa shape index (κ2) is 22.9. The Morgan fingerprint density at radius 2 is 1.20 bits per heavy atom. The van der Waals surface area contributed by atoms with Gasteiger partial charge in [0, 0.05) is 19.4 Å². The summed E-state index contributed by atoms with van der Waals surface area (Å²) in [4.78, 5) is 0. The smallest absolute Gasteiger partial charge is 0.187 e. The van der Waals surface area contributed by atoms with Crippen LogP contribution >= 0.6 is 0 Å². The molecule has 0 aromatic heterocycles. The number of aliphatic hydroxyl groups excluding tert-OH is 13. The average molecular weight is 1070 g/mol. The van der Waals surface area contributed by atoms with Crippen molar-refractivity contribution >= 4 is 0 Å². The number of ether oxygens (including phenoxy) is 10. The topological polar surface area (TPSA) is 355 Å². The number of rotatable bonds is 16. The van der Waals surface area contributed by atoms with E-state index in [2.05, 4.69) is 20.8 Å². The zero-order valence-electron chi connectivity index (χ0n) is 43.2. The Labute approximate surface area is 431 Å². The molecule has 4 aliphatic carbocycles. The molecular weight excluding hydrogens is 981 g/mol. The van der Waals surface area contributed by atoms with Crippen molar-refractivity contribution in [3.05, 3.63) is 0 Å². The highest BCUT2D eigenvalue weighted by Gasteiger charge is 2.69. The molecular formula is C51H86O23. The Bertz CT molecular complexity index is 1840. The Kier molecular flexibility index (Phi) is 17.9. The van der Waals surface area contributed by atoms with Crippen molar-refractivity contribution in [3.63, 3.8) is 0 Å². The van der Waals surface area contributed by atoms with Crippen LogP contribution in [0.4, 0.5) is 0 Å². The minimum absolute atomic E-state index is 0.00307. The van der Waals surface area contributed by atoms with E-state index in [9.17, 15) is 66.4 Å². The van der Waals surface area contributed by atoms with Crippen LogP contribution in [-0.4, -0.2) is 241 Å². The first kappa shape index (κ1) is 57.8. The number of aliphatic hydroxyl groups is 13. The molecule has 4 saturated carbocycles. The first-order valence-corrected chi connectivity index (χ1v) is 27.2. The van der Waals surface area contributed by atoms with E-state index in [1.54, 1.807) is 7.11 Å². The van der Waals surface area contributed by atoms with Crippen molar-refractivity contribution in [2.45, 2.75) is 227 Å². The van der Waals surface area contributed by atoms with E-state index in [-0.39, 0.29) is 41.3 Å². The minimum atomic E-state index is -1.84. The Morgan fingerprint density at radius 1 is 0.595 bits per heavy atom. The lowest BCUT2D eigenvalue weighted by atomic mass is 9.44. The van der Waals surface area contributed by atoms with Gasteiger partial charge in [0.1, 0.15) is 91.6 Å². The maximum absolute atomic E-state index is 12.0. The molecule has 0 amide bonds. The molecule has 13 N–H and O–H groups in total. The SMILES string of the molecule is COC1(CCC(C)COC2OC(CO)C(O)C(O)C2O)OC2CC3C4CCC5CC(OC6OC(CO)C(OC7OCC(O)C(O)C7O)C(O)C6OC6OC(CO)C(O)C(O)C6O)CCC5(C)C4CCC3(C)C2C1C. The van der Waals surface area contributed by atoms with E-state index in [1.165, 1.54) is 0 Å². The van der Waals surface area contributed by atoms with Gasteiger partial charge in [0.05, 0.1) is 45.2 Å². The third kappa shape index (κ3) is 10.3. The third-order valence-corrected chi connectivity index (χ3v) is 20.0. The fourth-order valence-corrected chi connectivity index (χ4v) is 15.7. The van der Waals surface area contributed by atoms with E-state index in [1.807, 2.05) is 6.92 Å². The van der Waals surface area contributed by atoms with E-state index in [0.29, 0.717) is 49.4 Å². The zero-order valence-corrected chi connectivity index (χ0v) is 43.2. The summed E-state index contributed by atoms with van der Waals surface area (Å²) in [5.74, 6) is 1.32. The van der Waals surface area contributed by atoms with Crippen LogP contribution < -0.4 is 0 Å². The Balaban J connectivity index is 0.839. The standard InChI is InChI=1S/C51H86O23/c1-21(19-66-45-40(62)37(59)35(57)30(16-52)69-45)8-13-51(65-5)22(2)33-29(74-51)15-27-25-7-6-23-14-24(9-11-49(23,3)26(25)10-12-50(27,33)4)68-48-44(73-47-41(63)38(60)36(58)31(17-53)70-47)42(64)43(32(18-54)71-48)72-46-39(61)34(56)28(55)20-67-46/h21-48,52-64H,6-20H2,1-5H3. The van der Waals surface area contributed by atoms with E-state index in [4.69, 9.17) is 47.4 Å². The zero-order chi connectivity index (χ0) is 53.3. The maximum atomic E-state index is 12.0. The Morgan fingerprint density at radius 3 is 1.86 bits per heavy atom. The second-order valence-electron chi connectivity index (χ2n) is 24.0. The predicted molar refractivity (Wildman–Crippen MR) is 250 cm³/mol. The Hall–Kier alpha value is -0.920. The largest absolute Gasteiger partial charge is 0.394 e. The molecule has 0 radical (unpaired) electrons. The monoisotopic (exact) mass is 1070 g/mol. The van der Waals surface area contributed by atoms with Gasteiger partial charge in [-0.05, 0) is 104 Å². The van der Waals surface area contributed by atoms with Gasteiger partial charge in [-0.3, -0.25) is 0 Å². The van der Waals surface area contributed by atoms with Crippen molar-refractivity contribution in [1.82, 2.24) is 0 Å². The van der Waals surface area contributed by atoms with Gasteiger partial charge in [0.15, 0.2) is 30.9 Å². The highest BCUT2D eigenvalue weighted by molar-refractivity contribution is 5.15. The van der Waals surface area contributed by atoms with E-state index in [0.717, 1.165) is 38.5 Å². The fourth-order valence-electron chi connectivity index (χ4n) is 15.7. The fraction of sp³-hybridized carbons (Fsp3) is 1.00. The summed E-state index contributed by atoms with van der Waals surface area (Å²) in [5.41, 5.74) is 0.0398. The first-order valence-electron chi connectivity index (χ1n) is 27.2. The van der Waals surface area contributed by atoms with Gasteiger partial charge in [0.2, 0.25) is 0 Å². The third-order valence-electron chi connectivity index (χ3n) is 20.0. The van der Waals surface area contributed by atoms with Gasteiger partial charge >= 0.3 is 0 Å². The summed E-state index contributed by atoms with van der Waals surface area (Å²) in [6, 6.07) is 0. The predicted octanol–water partition coefficient (Wildman–Crippen LogP) is -2.66. The number of methoxy groups -OCH3 is 1. The minimum Gasteiger partial charge on any atom is -0.394 e. The molecule has 74 heavy (non-hydrogen) atoms. The lowest BCUT2D eigenvalue weighted by Gasteiger charge is -2.61. The number of hydrogen-bond acceptors (Lipinski definition) is 23. The summed E-state index contributed by atoms with van der Waals surface area (Å²) in [6.45, 7) is 7.03. The van der Waals surface area contributed by atoms with Gasteiger partial charge in [-0.2, -0.15) is 0 Å². The summed E-state index contributed by atoms with van der Waals surface area (Å²) in [6.07, 6.45) is -20.6. The van der Waals surface area contributed by atoms with Crippen LogP contribution in [0.5, 0.6) is 0 Å². The van der Waals surface area contributed by atoms with E-state index < -0.39 is 155 Å². The van der Waals surface area contributed by atoms with Crippen molar-refractivity contribution in [2.75, 3.05) is 40.1 Å². The number of hydrogen-bond donors (Lipinski definition) is 13. The average Bonchev–Trinajstić information content (AvgIpc) is 3.86. The molecule has 9 fully saturated rings. The highest BCUT2D eigenvalue weighted by atomic mass is 16.8. The quantitative estimate of drug-likeness (QED) is 0.0702. The second-order valence-corrected chi connectivity index (χ2v) is 24.0. The van der Waals surface area contributed by atoms with Crippen molar-refractivity contribution < 1.29 is 114 Å². The van der Waals surface area contributed by atoms with Crippen LogP contribution in [0.3, 0.4) is 0 Å². The summed E-state index contributed by atoms with van der Waals surface area (Å²) in [7, 11) is 1.72. The molecule has 0 spiro atoms. The molecule has 0 bridgehead atoms. The molecule has 9 aliphatic rings. The summed E-state index contributed by atoms with van der Waals surface area (Å²) < 4.78 is 61.0. The maximum Gasteiger partial charge on any atom is 0.187 e. The van der Waals surface area contributed by atoms with Gasteiger partial charge in [0.25, 0.3) is 0 Å². The van der Waals surface area contributed by atoms with Gasteiger partial charge in [-0.25, -0.2) is 0 Å². The van der Waals surface area contributed by atoms with Crippen LogP contribution in [0.25, 0.3) is 0 Å². The normalized spacial score (nSPS) is 55.0. The van der Waals surface area contributed by atoms with Crippen LogP contribution in [-0.2, 0) is 47.4 Å². The van der Waals surface area contributed by atoms with Crippen LogP contribution in [0.1, 0.15) is 91.9 Å². The van der Waals surface area contributed by atoms with Gasteiger partial charge in [-0.15, -0.1) is 0 Å². The molecule has 5 saturated heterocycles. The van der Waals surface area contributed by atoms with Crippen molar-refractivity contribution in [1.29, 1.82) is 0 Å². The summed E-state index contributed by atoms with van der Waals surface area (Å²) in [5, 5.41) is 136. The molecule has 31 atom stereocenters. The summed E-state index contributed by atoms with van der Waals surface area (Å²) >= 11 is 0. The van der Waals surface area contributed by atoms with Crippen molar-refractivity contribution in [2.24, 2.45) is 52.3 Å². The number of fused-ring (bicyclic) bond motifs is 7. The first-order chi connectivity index (χ1) is 35.1. The molecule has 31 unspecified atom stereocenters. The van der Waals surface area contributed by atoms with Crippen LogP contribution in [0.15, 0.2) is 0 Å². The lowest BCUT2D eigenvalue weighted by molar-refractivity contribution is -0.388. The molecule has 5 aliphatic heterocycles. The van der Waals surface area contributed by atoms with Gasteiger partial charge in [-0.1, -0.05) is 27.7 Å². The molecule has 23 heteroatoms. The molecule has 9 rings (SSSR count). The molecule has 23 nitrogen and oxygen atoms in total. The highest BCUT2D eigenvalue weighted by Crippen LogP contribution is 2.71. The van der Waals surface area contributed by atoms with Crippen molar-refractivity contribution in [3.8, 4) is 0 Å². The van der Waals surface area contributed by atoms with E-state index >= 15 is 0 Å². The lowest BCUT2D eigenvalue weighted by Crippen LogP contribution is -2.66. The molecule has 428 valence electrons. The van der Waals surface area contributed by atoms with Crippen LogP contribution in [0.2, 0.25) is 0 Å². The molecule has 5 heterocycles.